The summed E-state index contributed by atoms with van der Waals surface area (Å²) in [5, 5.41) is 2.92. The van der Waals surface area contributed by atoms with E-state index >= 15 is 0 Å². The zero-order chi connectivity index (χ0) is 13.0. The molecule has 1 amide bonds. The summed E-state index contributed by atoms with van der Waals surface area (Å²) in [4.78, 5) is 21.1. The third kappa shape index (κ3) is 3.57. The Labute approximate surface area is 108 Å². The third-order valence-electron chi connectivity index (χ3n) is 3.48. The van der Waals surface area contributed by atoms with Gasteiger partial charge >= 0.3 is 0 Å². The Balaban J connectivity index is 1.70. The minimum atomic E-state index is -0.104. The molecule has 100 valence electrons. The van der Waals surface area contributed by atoms with Crippen LogP contribution in [-0.4, -0.2) is 47.5 Å². The number of nitrogens with zero attached hydrogens (tertiary/aromatic N) is 2. The van der Waals surface area contributed by atoms with Crippen LogP contribution in [0.15, 0.2) is 6.20 Å². The Bertz CT molecular complexity index is 401. The number of carbonyl (C=O) groups excluding carboxylic acids is 1. The van der Waals surface area contributed by atoms with Gasteiger partial charge in [-0.05, 0) is 45.7 Å². The van der Waals surface area contributed by atoms with Crippen molar-refractivity contribution >= 4 is 5.91 Å². The quantitative estimate of drug-likeness (QED) is 0.843. The van der Waals surface area contributed by atoms with Crippen LogP contribution in [0.1, 0.15) is 35.6 Å². The molecule has 18 heavy (non-hydrogen) atoms. The molecule has 0 bridgehead atoms. The SMILES string of the molecule is Cc1cnc(C(=O)NCC[C@H]2CCCN(C)C2)[nH]1. The number of hydrogen-bond donors (Lipinski definition) is 2. The van der Waals surface area contributed by atoms with E-state index < -0.39 is 0 Å². The second-order valence-corrected chi connectivity index (χ2v) is 5.23. The molecule has 2 N–H and O–H groups in total. The van der Waals surface area contributed by atoms with E-state index in [1.54, 1.807) is 6.20 Å². The Morgan fingerprint density at radius 3 is 3.17 bits per heavy atom. The monoisotopic (exact) mass is 250 g/mol. The molecule has 1 atom stereocenters. The van der Waals surface area contributed by atoms with E-state index in [9.17, 15) is 4.79 Å². The lowest BCUT2D eigenvalue weighted by molar-refractivity contribution is 0.0939. The molecule has 5 nitrogen and oxygen atoms in total. The van der Waals surface area contributed by atoms with Gasteiger partial charge in [0.15, 0.2) is 5.82 Å². The molecule has 1 fully saturated rings. The van der Waals surface area contributed by atoms with Gasteiger partial charge in [0.1, 0.15) is 0 Å². The molecule has 1 aliphatic rings. The van der Waals surface area contributed by atoms with Crippen molar-refractivity contribution in [2.45, 2.75) is 26.2 Å². The average Bonchev–Trinajstić information content (AvgIpc) is 2.76. The van der Waals surface area contributed by atoms with Gasteiger partial charge in [-0.3, -0.25) is 4.79 Å². The normalized spacial score (nSPS) is 20.9. The van der Waals surface area contributed by atoms with Crippen LogP contribution in [-0.2, 0) is 0 Å². The first-order valence-corrected chi connectivity index (χ1v) is 6.63. The van der Waals surface area contributed by atoms with Gasteiger partial charge in [0.2, 0.25) is 0 Å². The molecule has 0 saturated carbocycles. The fourth-order valence-corrected chi connectivity index (χ4v) is 2.51. The van der Waals surface area contributed by atoms with Crippen LogP contribution >= 0.6 is 0 Å². The predicted molar refractivity (Wildman–Crippen MR) is 70.5 cm³/mol. The van der Waals surface area contributed by atoms with Gasteiger partial charge in [0.25, 0.3) is 5.91 Å². The minimum absolute atomic E-state index is 0.104. The largest absolute Gasteiger partial charge is 0.349 e. The van der Waals surface area contributed by atoms with E-state index in [1.165, 1.54) is 19.4 Å². The van der Waals surface area contributed by atoms with Gasteiger partial charge in [-0.1, -0.05) is 0 Å². The first kappa shape index (κ1) is 13.1. The van der Waals surface area contributed by atoms with Crippen molar-refractivity contribution in [1.82, 2.24) is 20.2 Å². The van der Waals surface area contributed by atoms with Crippen LogP contribution in [0.25, 0.3) is 0 Å². The van der Waals surface area contributed by atoms with Crippen LogP contribution < -0.4 is 5.32 Å². The Kier molecular flexibility index (Phi) is 4.36. The van der Waals surface area contributed by atoms with Gasteiger partial charge in [-0.15, -0.1) is 0 Å². The molecule has 5 heteroatoms. The molecule has 0 aromatic carbocycles. The molecule has 2 rings (SSSR count). The number of likely N-dealkylation sites (tertiary alicyclic amines) is 1. The molecule has 0 unspecified atom stereocenters. The zero-order valence-corrected chi connectivity index (χ0v) is 11.2. The Morgan fingerprint density at radius 1 is 1.67 bits per heavy atom. The van der Waals surface area contributed by atoms with Crippen molar-refractivity contribution in [3.63, 3.8) is 0 Å². The van der Waals surface area contributed by atoms with Crippen LogP contribution in [0.4, 0.5) is 0 Å². The van der Waals surface area contributed by atoms with Crippen LogP contribution in [0.2, 0.25) is 0 Å². The molecular weight excluding hydrogens is 228 g/mol. The zero-order valence-electron chi connectivity index (χ0n) is 11.2. The predicted octanol–water partition coefficient (Wildman–Crippen LogP) is 1.18. The maximum atomic E-state index is 11.7. The van der Waals surface area contributed by atoms with Gasteiger partial charge in [-0.2, -0.15) is 0 Å². The average molecular weight is 250 g/mol. The second kappa shape index (κ2) is 6.00. The van der Waals surface area contributed by atoms with Crippen LogP contribution in [0.5, 0.6) is 0 Å². The first-order chi connectivity index (χ1) is 8.65. The lowest BCUT2D eigenvalue weighted by Crippen LogP contribution is -2.34. The van der Waals surface area contributed by atoms with E-state index in [0.29, 0.717) is 11.7 Å². The Hall–Kier alpha value is -1.36. The van der Waals surface area contributed by atoms with Crippen molar-refractivity contribution in [3.8, 4) is 0 Å². The number of aryl methyl sites for hydroxylation is 1. The first-order valence-electron chi connectivity index (χ1n) is 6.63. The highest BCUT2D eigenvalue weighted by atomic mass is 16.2. The van der Waals surface area contributed by atoms with Gasteiger partial charge in [-0.25, -0.2) is 4.98 Å². The van der Waals surface area contributed by atoms with Crippen molar-refractivity contribution in [2.75, 3.05) is 26.7 Å². The highest BCUT2D eigenvalue weighted by molar-refractivity contribution is 5.90. The van der Waals surface area contributed by atoms with Crippen LogP contribution in [0.3, 0.4) is 0 Å². The van der Waals surface area contributed by atoms with Gasteiger partial charge < -0.3 is 15.2 Å². The molecule has 1 aliphatic heterocycles. The number of carbonyl (C=O) groups is 1. The Morgan fingerprint density at radius 2 is 2.50 bits per heavy atom. The van der Waals surface area contributed by atoms with E-state index in [0.717, 1.165) is 25.2 Å². The fraction of sp³-hybridized carbons (Fsp3) is 0.692. The number of nitrogens with one attached hydrogen (secondary N) is 2. The topological polar surface area (TPSA) is 61.0 Å². The number of amides is 1. The number of aromatic amines is 1. The highest BCUT2D eigenvalue weighted by Gasteiger charge is 2.17. The van der Waals surface area contributed by atoms with Crippen molar-refractivity contribution in [3.05, 3.63) is 17.7 Å². The highest BCUT2D eigenvalue weighted by Crippen LogP contribution is 2.17. The smallest absolute Gasteiger partial charge is 0.287 e. The number of imidazole rings is 1. The molecule has 1 aromatic rings. The summed E-state index contributed by atoms with van der Waals surface area (Å²) in [7, 11) is 2.16. The lowest BCUT2D eigenvalue weighted by atomic mass is 9.95. The van der Waals surface area contributed by atoms with E-state index in [2.05, 4.69) is 27.2 Å². The molecule has 0 spiro atoms. The molecule has 0 radical (unpaired) electrons. The van der Waals surface area contributed by atoms with Crippen molar-refractivity contribution in [2.24, 2.45) is 5.92 Å². The number of piperidine rings is 1. The minimum Gasteiger partial charge on any atom is -0.349 e. The summed E-state index contributed by atoms with van der Waals surface area (Å²) in [5.41, 5.74) is 0.911. The summed E-state index contributed by atoms with van der Waals surface area (Å²) in [6.07, 6.45) is 5.27. The van der Waals surface area contributed by atoms with Gasteiger partial charge in [0, 0.05) is 25.0 Å². The molecule has 1 aromatic heterocycles. The number of aromatic nitrogens is 2. The fourth-order valence-electron chi connectivity index (χ4n) is 2.51. The third-order valence-corrected chi connectivity index (χ3v) is 3.48. The second-order valence-electron chi connectivity index (χ2n) is 5.23. The lowest BCUT2D eigenvalue weighted by Gasteiger charge is -2.29. The number of H-pyrrole nitrogens is 1. The maximum Gasteiger partial charge on any atom is 0.287 e. The van der Waals surface area contributed by atoms with Gasteiger partial charge in [0.05, 0.1) is 0 Å². The van der Waals surface area contributed by atoms with Crippen molar-refractivity contribution < 1.29 is 4.79 Å². The molecule has 2 heterocycles. The summed E-state index contributed by atoms with van der Waals surface area (Å²) < 4.78 is 0. The number of hydrogen-bond acceptors (Lipinski definition) is 3. The standard InChI is InChI=1S/C13H22N4O/c1-10-8-15-12(16-10)13(18)14-6-5-11-4-3-7-17(2)9-11/h8,11H,3-7,9H2,1-2H3,(H,14,18)(H,15,16)/t11-/m1/s1. The maximum absolute atomic E-state index is 11.7. The summed E-state index contributed by atoms with van der Waals surface area (Å²) >= 11 is 0. The number of rotatable bonds is 4. The summed E-state index contributed by atoms with van der Waals surface area (Å²) in [6, 6.07) is 0. The van der Waals surface area contributed by atoms with E-state index in [1.807, 2.05) is 6.92 Å². The summed E-state index contributed by atoms with van der Waals surface area (Å²) in [5.74, 6) is 1.02. The van der Waals surface area contributed by atoms with Crippen molar-refractivity contribution in [1.29, 1.82) is 0 Å². The molecule has 0 aliphatic carbocycles. The summed E-state index contributed by atoms with van der Waals surface area (Å²) in [6.45, 7) is 4.98. The van der Waals surface area contributed by atoms with E-state index in [-0.39, 0.29) is 5.91 Å². The molecular formula is C13H22N4O. The molecule has 1 saturated heterocycles. The van der Waals surface area contributed by atoms with Crippen LogP contribution in [0, 0.1) is 12.8 Å². The van der Waals surface area contributed by atoms with E-state index in [4.69, 9.17) is 0 Å².